The summed E-state index contributed by atoms with van der Waals surface area (Å²) in [6.45, 7) is 2.76. The molecule has 0 aliphatic carbocycles. The Morgan fingerprint density at radius 1 is 0.708 bits per heavy atom. The van der Waals surface area contributed by atoms with Crippen molar-refractivity contribution in [2.45, 2.75) is 22.3 Å². The van der Waals surface area contributed by atoms with Gasteiger partial charge in [-0.1, -0.05) is 0 Å². The van der Waals surface area contributed by atoms with Gasteiger partial charge in [0.1, 0.15) is 0 Å². The van der Waals surface area contributed by atoms with Crippen molar-refractivity contribution in [2.24, 2.45) is 0 Å². The van der Waals surface area contributed by atoms with Crippen LogP contribution in [0.2, 0.25) is 0 Å². The van der Waals surface area contributed by atoms with Crippen LogP contribution in [-0.4, -0.2) is 86.2 Å². The van der Waals surface area contributed by atoms with Crippen molar-refractivity contribution < 1.29 is 36.6 Å². The summed E-state index contributed by atoms with van der Waals surface area (Å²) in [7, 11) is -5.30. The molecule has 0 aromatic carbocycles. The molecule has 138 valence electrons. The summed E-state index contributed by atoms with van der Waals surface area (Å²) in [6, 6.07) is 0. The quantitative estimate of drug-likeness (QED) is 0.326. The van der Waals surface area contributed by atoms with E-state index in [9.17, 15) is 16.8 Å². The van der Waals surface area contributed by atoms with Crippen LogP contribution in [0.3, 0.4) is 0 Å². The minimum absolute atomic E-state index is 0.299. The highest BCUT2D eigenvalue weighted by Crippen LogP contribution is 2.37. The maximum absolute atomic E-state index is 11.0. The molecule has 0 radical (unpaired) electrons. The molecule has 0 aromatic heterocycles. The van der Waals surface area contributed by atoms with Gasteiger partial charge in [0, 0.05) is 26.2 Å². The highest BCUT2D eigenvalue weighted by atomic mass is 32.2. The first kappa shape index (κ1) is 19.1. The van der Waals surface area contributed by atoms with Crippen LogP contribution in [0.25, 0.3) is 0 Å². The van der Waals surface area contributed by atoms with E-state index >= 15 is 0 Å². The van der Waals surface area contributed by atoms with Crippen LogP contribution in [0.5, 0.6) is 0 Å². The number of hydrogen-bond acceptors (Lipinski definition) is 8. The summed E-state index contributed by atoms with van der Waals surface area (Å²) in [4.78, 5) is 18.2. The number of carbonyl (C=O) groups is 2. The SMILES string of the molecule is O=C(O)C(=O)O.O=S1(=O)CCC12CNC2.O=S1(=O)CCC12CNC2. The van der Waals surface area contributed by atoms with E-state index in [1.807, 2.05) is 0 Å². The van der Waals surface area contributed by atoms with E-state index in [1.54, 1.807) is 0 Å². The summed E-state index contributed by atoms with van der Waals surface area (Å²) < 4.78 is 43.3. The number of hydrogen-bond donors (Lipinski definition) is 4. The maximum atomic E-state index is 11.0. The Kier molecular flexibility index (Phi) is 4.97. The van der Waals surface area contributed by atoms with E-state index in [1.165, 1.54) is 0 Å². The van der Waals surface area contributed by atoms with Gasteiger partial charge >= 0.3 is 11.9 Å². The van der Waals surface area contributed by atoms with Gasteiger partial charge in [-0.3, -0.25) is 0 Å². The highest BCUT2D eigenvalue weighted by molar-refractivity contribution is 7.94. The Morgan fingerprint density at radius 2 is 1.00 bits per heavy atom. The van der Waals surface area contributed by atoms with Crippen molar-refractivity contribution in [1.29, 1.82) is 0 Å². The third-order valence-corrected chi connectivity index (χ3v) is 10.1. The van der Waals surface area contributed by atoms with Gasteiger partial charge in [-0.25, -0.2) is 26.4 Å². The summed E-state index contributed by atoms with van der Waals surface area (Å²) in [5.41, 5.74) is 0. The first-order valence-corrected chi connectivity index (χ1v) is 10.6. The van der Waals surface area contributed by atoms with E-state index < -0.39 is 31.6 Å². The lowest BCUT2D eigenvalue weighted by Gasteiger charge is -2.48. The molecule has 24 heavy (non-hydrogen) atoms. The van der Waals surface area contributed by atoms with Crippen LogP contribution >= 0.6 is 0 Å². The lowest BCUT2D eigenvalue weighted by atomic mass is 9.98. The zero-order valence-electron chi connectivity index (χ0n) is 12.8. The molecule has 0 aromatic rings. The van der Waals surface area contributed by atoms with Gasteiger partial charge in [0.05, 0.1) is 21.0 Å². The third kappa shape index (κ3) is 3.15. The van der Waals surface area contributed by atoms with Crippen LogP contribution in [0.15, 0.2) is 0 Å². The van der Waals surface area contributed by atoms with Gasteiger partial charge in [-0.05, 0) is 12.8 Å². The van der Waals surface area contributed by atoms with Crippen molar-refractivity contribution >= 4 is 31.6 Å². The first-order valence-electron chi connectivity index (χ1n) is 7.29. The lowest BCUT2D eigenvalue weighted by molar-refractivity contribution is -0.159. The number of sulfone groups is 2. The number of nitrogens with one attached hydrogen (secondary N) is 2. The second kappa shape index (κ2) is 6.24. The minimum Gasteiger partial charge on any atom is -0.473 e. The Bertz CT molecular complexity index is 660. The fourth-order valence-corrected chi connectivity index (χ4v) is 6.23. The van der Waals surface area contributed by atoms with Gasteiger partial charge in [0.2, 0.25) is 0 Å². The summed E-state index contributed by atoms with van der Waals surface area (Å²) in [5.74, 6) is -2.83. The van der Waals surface area contributed by atoms with Crippen molar-refractivity contribution in [3.63, 3.8) is 0 Å². The van der Waals surface area contributed by atoms with Crippen molar-refractivity contribution in [3.8, 4) is 0 Å². The van der Waals surface area contributed by atoms with Crippen LogP contribution in [-0.2, 0) is 29.3 Å². The summed E-state index contributed by atoms with van der Waals surface area (Å²) >= 11 is 0. The summed E-state index contributed by atoms with van der Waals surface area (Å²) in [5, 5.41) is 20.7. The lowest BCUT2D eigenvalue weighted by Crippen LogP contribution is -2.70. The van der Waals surface area contributed by atoms with E-state index in [0.717, 1.165) is 12.8 Å². The Morgan fingerprint density at radius 3 is 1.00 bits per heavy atom. The number of aliphatic carboxylic acids is 2. The third-order valence-electron chi connectivity index (χ3n) is 4.94. The first-order chi connectivity index (χ1) is 11.0. The predicted octanol–water partition coefficient (Wildman–Crippen LogP) is -2.55. The topological polar surface area (TPSA) is 167 Å². The van der Waals surface area contributed by atoms with E-state index in [2.05, 4.69) is 10.6 Å². The predicted molar refractivity (Wildman–Crippen MR) is 83.3 cm³/mol. The van der Waals surface area contributed by atoms with Crippen LogP contribution < -0.4 is 10.6 Å². The molecule has 0 amide bonds. The molecular weight excluding hydrogens is 364 g/mol. The van der Waals surface area contributed by atoms with Gasteiger partial charge in [0.25, 0.3) is 0 Å². The maximum Gasteiger partial charge on any atom is 0.414 e. The van der Waals surface area contributed by atoms with Gasteiger partial charge in [-0.2, -0.15) is 0 Å². The molecule has 0 bridgehead atoms. The fraction of sp³-hybridized carbons (Fsp3) is 0.833. The average molecular weight is 384 g/mol. The molecule has 4 saturated heterocycles. The van der Waals surface area contributed by atoms with Crippen LogP contribution in [0.1, 0.15) is 12.8 Å². The Hall–Kier alpha value is -1.24. The molecule has 10 nitrogen and oxygen atoms in total. The van der Waals surface area contributed by atoms with E-state index in [0.29, 0.717) is 37.7 Å². The molecule has 12 heteroatoms. The van der Waals surface area contributed by atoms with Crippen molar-refractivity contribution in [3.05, 3.63) is 0 Å². The molecule has 4 fully saturated rings. The van der Waals surface area contributed by atoms with Crippen LogP contribution in [0.4, 0.5) is 0 Å². The number of rotatable bonds is 0. The molecular formula is C12H20N2O8S2. The zero-order chi connectivity index (χ0) is 18.2. The van der Waals surface area contributed by atoms with Crippen molar-refractivity contribution in [1.82, 2.24) is 10.6 Å². The van der Waals surface area contributed by atoms with Crippen molar-refractivity contribution in [2.75, 3.05) is 37.7 Å². The number of carboxylic acid groups (broad SMARTS) is 2. The molecule has 4 aliphatic heterocycles. The van der Waals surface area contributed by atoms with E-state index in [4.69, 9.17) is 19.8 Å². The Balaban J connectivity index is 0.000000134. The van der Waals surface area contributed by atoms with Gasteiger partial charge in [-0.15, -0.1) is 0 Å². The second-order valence-corrected chi connectivity index (χ2v) is 11.3. The highest BCUT2D eigenvalue weighted by Gasteiger charge is 2.56. The largest absolute Gasteiger partial charge is 0.473 e. The molecule has 4 N–H and O–H groups in total. The average Bonchev–Trinajstić information content (AvgIpc) is 2.34. The second-order valence-electron chi connectivity index (χ2n) is 6.32. The normalized spacial score (nSPS) is 28.2. The fourth-order valence-electron chi connectivity index (χ4n) is 2.72. The van der Waals surface area contributed by atoms with E-state index in [-0.39, 0.29) is 9.49 Å². The standard InChI is InChI=1S/2C5H9NO2S.C2H2O4/c2*7-9(8)2-1-5(9)3-6-4-5;3-1(4)2(5)6/h2*6H,1-4H2;(H,3,4)(H,5,6). The molecule has 0 atom stereocenters. The molecule has 0 unspecified atom stereocenters. The molecule has 4 aliphatic rings. The zero-order valence-corrected chi connectivity index (χ0v) is 14.5. The molecule has 2 spiro atoms. The monoisotopic (exact) mass is 384 g/mol. The van der Waals surface area contributed by atoms with Gasteiger partial charge in [0.15, 0.2) is 19.7 Å². The smallest absolute Gasteiger partial charge is 0.414 e. The number of carboxylic acids is 2. The van der Waals surface area contributed by atoms with Crippen LogP contribution in [0, 0.1) is 0 Å². The molecule has 0 saturated carbocycles. The molecule has 4 rings (SSSR count). The Labute approximate surface area is 139 Å². The summed E-state index contributed by atoms with van der Waals surface area (Å²) in [6.07, 6.45) is 1.75. The molecule has 4 heterocycles. The minimum atomic E-state index is -2.65. The van der Waals surface area contributed by atoms with Gasteiger partial charge < -0.3 is 20.8 Å².